The Morgan fingerprint density at radius 3 is 2.96 bits per heavy atom. The summed E-state index contributed by atoms with van der Waals surface area (Å²) in [4.78, 5) is 12.1. The van der Waals surface area contributed by atoms with Gasteiger partial charge in [0, 0.05) is 23.5 Å². The number of aromatic amines is 1. The molecule has 6 nitrogen and oxygen atoms in total. The Labute approximate surface area is 138 Å². The van der Waals surface area contributed by atoms with Crippen LogP contribution >= 0.6 is 0 Å². The van der Waals surface area contributed by atoms with Crippen molar-refractivity contribution in [2.24, 2.45) is 0 Å². The first-order valence-corrected chi connectivity index (χ1v) is 7.74. The summed E-state index contributed by atoms with van der Waals surface area (Å²) in [5.41, 5.74) is 3.53. The number of nitrogens with zero attached hydrogens (tertiary/aromatic N) is 2. The molecule has 6 heteroatoms. The summed E-state index contributed by atoms with van der Waals surface area (Å²) in [6.45, 7) is 2.95. The highest BCUT2D eigenvalue weighted by molar-refractivity contribution is 6.03. The molecule has 0 aliphatic rings. The first kappa shape index (κ1) is 14.3. The van der Waals surface area contributed by atoms with Crippen LogP contribution in [0.1, 0.15) is 17.3 Å². The van der Waals surface area contributed by atoms with Gasteiger partial charge >= 0.3 is 0 Å². The average Bonchev–Trinajstić information content (AvgIpc) is 3.33. The number of carbonyl (C=O) groups is 1. The molecule has 0 unspecified atom stereocenters. The second-order valence-electron chi connectivity index (χ2n) is 5.47. The number of H-pyrrole nitrogens is 1. The number of hydrogen-bond acceptors (Lipinski definition) is 3. The second kappa shape index (κ2) is 5.73. The van der Waals surface area contributed by atoms with Crippen LogP contribution in [0.5, 0.6) is 0 Å². The highest BCUT2D eigenvalue weighted by Gasteiger charge is 2.14. The lowest BCUT2D eigenvalue weighted by Gasteiger charge is -2.05. The SMILES string of the molecule is CCn1c(-c2cc(NC(=O)c3ccoc3)n[nH]2)cc2ccccc21. The van der Waals surface area contributed by atoms with E-state index in [-0.39, 0.29) is 5.91 Å². The van der Waals surface area contributed by atoms with Crippen molar-refractivity contribution in [3.8, 4) is 11.4 Å². The summed E-state index contributed by atoms with van der Waals surface area (Å²) >= 11 is 0. The Bertz CT molecular complexity index is 995. The van der Waals surface area contributed by atoms with Gasteiger partial charge in [-0.05, 0) is 25.1 Å². The number of hydrogen-bond donors (Lipinski definition) is 2. The Morgan fingerprint density at radius 2 is 2.17 bits per heavy atom. The summed E-state index contributed by atoms with van der Waals surface area (Å²) in [5, 5.41) is 11.1. The van der Waals surface area contributed by atoms with Gasteiger partial charge in [-0.3, -0.25) is 9.89 Å². The Kier molecular flexibility index (Phi) is 3.42. The molecule has 1 aromatic carbocycles. The lowest BCUT2D eigenvalue weighted by atomic mass is 10.2. The minimum Gasteiger partial charge on any atom is -0.472 e. The largest absolute Gasteiger partial charge is 0.472 e. The van der Waals surface area contributed by atoms with E-state index in [9.17, 15) is 4.79 Å². The van der Waals surface area contributed by atoms with E-state index in [0.717, 1.165) is 17.9 Å². The number of anilines is 1. The van der Waals surface area contributed by atoms with Gasteiger partial charge in [0.15, 0.2) is 5.82 Å². The van der Waals surface area contributed by atoms with Gasteiger partial charge in [0.1, 0.15) is 6.26 Å². The van der Waals surface area contributed by atoms with Gasteiger partial charge < -0.3 is 14.3 Å². The maximum Gasteiger partial charge on any atom is 0.260 e. The molecule has 0 bridgehead atoms. The topological polar surface area (TPSA) is 75.8 Å². The van der Waals surface area contributed by atoms with E-state index in [1.54, 1.807) is 6.07 Å². The number of aryl methyl sites for hydroxylation is 1. The molecular formula is C18H16N4O2. The fourth-order valence-electron chi connectivity index (χ4n) is 2.87. The maximum atomic E-state index is 12.1. The average molecular weight is 320 g/mol. The third-order valence-electron chi connectivity index (χ3n) is 4.01. The molecular weight excluding hydrogens is 304 g/mol. The maximum absolute atomic E-state index is 12.1. The summed E-state index contributed by atoms with van der Waals surface area (Å²) in [7, 11) is 0. The quantitative estimate of drug-likeness (QED) is 0.599. The molecule has 3 aromatic heterocycles. The number of amides is 1. The zero-order chi connectivity index (χ0) is 16.5. The molecule has 0 radical (unpaired) electrons. The van der Waals surface area contributed by atoms with Gasteiger partial charge in [-0.25, -0.2) is 0 Å². The van der Waals surface area contributed by atoms with Crippen LogP contribution < -0.4 is 5.32 Å². The molecule has 24 heavy (non-hydrogen) atoms. The first-order valence-electron chi connectivity index (χ1n) is 7.74. The van der Waals surface area contributed by atoms with Crippen LogP contribution in [0.3, 0.4) is 0 Å². The van der Waals surface area contributed by atoms with Crippen LogP contribution in [-0.4, -0.2) is 20.7 Å². The van der Waals surface area contributed by atoms with Gasteiger partial charge in [0.2, 0.25) is 0 Å². The number of rotatable bonds is 4. The van der Waals surface area contributed by atoms with Crippen LogP contribution in [0.15, 0.2) is 59.4 Å². The standard InChI is InChI=1S/C18H16N4O2/c1-2-22-15-6-4-3-5-12(15)9-16(22)14-10-17(21-20-14)19-18(23)13-7-8-24-11-13/h3-11H,2H2,1H3,(H2,19,20,21,23). The molecule has 0 saturated carbocycles. The van der Waals surface area contributed by atoms with Crippen molar-refractivity contribution in [2.45, 2.75) is 13.5 Å². The van der Waals surface area contributed by atoms with Gasteiger partial charge in [0.25, 0.3) is 5.91 Å². The number of nitrogens with one attached hydrogen (secondary N) is 2. The minimum absolute atomic E-state index is 0.252. The smallest absolute Gasteiger partial charge is 0.260 e. The van der Waals surface area contributed by atoms with E-state index in [4.69, 9.17) is 4.42 Å². The zero-order valence-corrected chi connectivity index (χ0v) is 13.1. The van der Waals surface area contributed by atoms with Crippen LogP contribution in [0.2, 0.25) is 0 Å². The normalized spacial score (nSPS) is 11.0. The van der Waals surface area contributed by atoms with Crippen LogP contribution in [0.25, 0.3) is 22.3 Å². The lowest BCUT2D eigenvalue weighted by Crippen LogP contribution is -2.10. The first-order chi connectivity index (χ1) is 11.8. The number of benzene rings is 1. The van der Waals surface area contributed by atoms with Gasteiger partial charge in [-0.15, -0.1) is 0 Å². The van der Waals surface area contributed by atoms with Crippen LogP contribution in [0.4, 0.5) is 5.82 Å². The van der Waals surface area contributed by atoms with Gasteiger partial charge in [-0.2, -0.15) is 5.10 Å². The summed E-state index contributed by atoms with van der Waals surface area (Å²) in [5.74, 6) is 0.224. The van der Waals surface area contributed by atoms with Crippen LogP contribution in [-0.2, 0) is 6.54 Å². The highest BCUT2D eigenvalue weighted by Crippen LogP contribution is 2.28. The third kappa shape index (κ3) is 2.38. The van der Waals surface area contributed by atoms with E-state index in [0.29, 0.717) is 11.4 Å². The predicted octanol–water partition coefficient (Wildman–Crippen LogP) is 3.90. The number of furan rings is 1. The van der Waals surface area contributed by atoms with Crippen molar-refractivity contribution in [3.63, 3.8) is 0 Å². The second-order valence-corrected chi connectivity index (χ2v) is 5.47. The van der Waals surface area contributed by atoms with Crippen LogP contribution in [0, 0.1) is 0 Å². The molecule has 0 saturated heterocycles. The molecule has 0 fully saturated rings. The molecule has 0 aliphatic carbocycles. The minimum atomic E-state index is -0.252. The number of aromatic nitrogens is 3. The molecule has 4 aromatic rings. The third-order valence-corrected chi connectivity index (χ3v) is 4.01. The molecule has 4 rings (SSSR count). The van der Waals surface area contributed by atoms with Crippen molar-refractivity contribution in [1.82, 2.24) is 14.8 Å². The fraction of sp³-hybridized carbons (Fsp3) is 0.111. The Morgan fingerprint density at radius 1 is 1.29 bits per heavy atom. The van der Waals surface area contributed by atoms with Crippen molar-refractivity contribution in [1.29, 1.82) is 0 Å². The lowest BCUT2D eigenvalue weighted by molar-refractivity contribution is 0.102. The van der Waals surface area contributed by atoms with Gasteiger partial charge in [-0.1, -0.05) is 18.2 Å². The Balaban J connectivity index is 1.66. The van der Waals surface area contributed by atoms with Crippen molar-refractivity contribution in [3.05, 3.63) is 60.6 Å². The summed E-state index contributed by atoms with van der Waals surface area (Å²) < 4.78 is 7.13. The molecule has 120 valence electrons. The molecule has 2 N–H and O–H groups in total. The highest BCUT2D eigenvalue weighted by atomic mass is 16.3. The van der Waals surface area contributed by atoms with E-state index in [1.165, 1.54) is 23.4 Å². The van der Waals surface area contributed by atoms with E-state index in [1.807, 2.05) is 18.2 Å². The van der Waals surface area contributed by atoms with E-state index < -0.39 is 0 Å². The number of carbonyl (C=O) groups excluding carboxylic acids is 1. The van der Waals surface area contributed by atoms with Gasteiger partial charge in [0.05, 0.1) is 23.2 Å². The van der Waals surface area contributed by atoms with E-state index >= 15 is 0 Å². The van der Waals surface area contributed by atoms with E-state index in [2.05, 4.69) is 45.2 Å². The Hall–Kier alpha value is -3.28. The summed E-state index contributed by atoms with van der Waals surface area (Å²) in [6.07, 6.45) is 2.86. The molecule has 0 aliphatic heterocycles. The monoisotopic (exact) mass is 320 g/mol. The van der Waals surface area contributed by atoms with Crippen molar-refractivity contribution < 1.29 is 9.21 Å². The molecule has 0 atom stereocenters. The van der Waals surface area contributed by atoms with Crippen molar-refractivity contribution in [2.75, 3.05) is 5.32 Å². The molecule has 1 amide bonds. The fourth-order valence-corrected chi connectivity index (χ4v) is 2.87. The number of fused-ring (bicyclic) bond motifs is 1. The predicted molar refractivity (Wildman–Crippen MR) is 91.9 cm³/mol. The zero-order valence-electron chi connectivity index (χ0n) is 13.1. The molecule has 0 spiro atoms. The number of para-hydroxylation sites is 1. The molecule has 3 heterocycles. The summed E-state index contributed by atoms with van der Waals surface area (Å²) in [6, 6.07) is 13.8. The van der Waals surface area contributed by atoms with Crippen molar-refractivity contribution >= 4 is 22.6 Å².